The van der Waals surface area contributed by atoms with Crippen molar-refractivity contribution in [3.63, 3.8) is 0 Å². The second kappa shape index (κ2) is 4.53. The fourth-order valence-electron chi connectivity index (χ4n) is 1.98. The first-order chi connectivity index (χ1) is 8.06. The Labute approximate surface area is 100 Å². The van der Waals surface area contributed by atoms with Crippen molar-refractivity contribution in [3.8, 4) is 0 Å². The molecule has 0 aliphatic heterocycles. The number of carboxylic acid groups (broad SMARTS) is 1. The maximum atomic E-state index is 10.6. The van der Waals surface area contributed by atoms with Gasteiger partial charge in [-0.3, -0.25) is 9.78 Å². The van der Waals surface area contributed by atoms with E-state index >= 15 is 0 Å². The van der Waals surface area contributed by atoms with Crippen molar-refractivity contribution < 1.29 is 9.90 Å². The maximum absolute atomic E-state index is 10.6. The summed E-state index contributed by atoms with van der Waals surface area (Å²) in [7, 11) is 0. The van der Waals surface area contributed by atoms with Crippen LogP contribution < -0.4 is 0 Å². The summed E-state index contributed by atoms with van der Waals surface area (Å²) in [5.74, 6) is -0.759. The Kier molecular flexibility index (Phi) is 3.09. The Bertz CT molecular complexity index is 576. The molecule has 0 spiro atoms. The first-order valence-electron chi connectivity index (χ1n) is 5.65. The summed E-state index contributed by atoms with van der Waals surface area (Å²) < 4.78 is 0. The second-order valence-electron chi connectivity index (χ2n) is 4.33. The van der Waals surface area contributed by atoms with E-state index in [1.54, 1.807) is 0 Å². The third kappa shape index (κ3) is 2.61. The third-order valence-electron chi connectivity index (χ3n) is 2.81. The van der Waals surface area contributed by atoms with E-state index < -0.39 is 5.97 Å². The Hall–Kier alpha value is -1.90. The summed E-state index contributed by atoms with van der Waals surface area (Å²) in [6.07, 6.45) is 0.740. The summed E-state index contributed by atoms with van der Waals surface area (Å²) in [6.45, 7) is 3.98. The average molecular weight is 229 g/mol. The topological polar surface area (TPSA) is 50.2 Å². The van der Waals surface area contributed by atoms with E-state index in [1.807, 2.05) is 38.1 Å². The van der Waals surface area contributed by atoms with Crippen molar-refractivity contribution in [3.05, 3.63) is 41.1 Å². The van der Waals surface area contributed by atoms with Crippen LogP contribution in [0.25, 0.3) is 10.9 Å². The maximum Gasteiger partial charge on any atom is 0.303 e. The van der Waals surface area contributed by atoms with Crippen LogP contribution in [0.2, 0.25) is 0 Å². The molecule has 0 fully saturated rings. The first-order valence-corrected chi connectivity index (χ1v) is 5.65. The largest absolute Gasteiger partial charge is 0.481 e. The van der Waals surface area contributed by atoms with Gasteiger partial charge < -0.3 is 5.11 Å². The number of fused-ring (bicyclic) bond motifs is 1. The molecule has 0 saturated heterocycles. The van der Waals surface area contributed by atoms with Gasteiger partial charge in [0.1, 0.15) is 0 Å². The predicted octanol–water partition coefficient (Wildman–Crippen LogP) is 2.87. The van der Waals surface area contributed by atoms with E-state index in [9.17, 15) is 4.79 Å². The zero-order chi connectivity index (χ0) is 12.4. The molecule has 0 saturated carbocycles. The highest BCUT2D eigenvalue weighted by atomic mass is 16.4. The number of aryl methyl sites for hydroxylation is 3. The van der Waals surface area contributed by atoms with Crippen molar-refractivity contribution in [2.24, 2.45) is 0 Å². The molecule has 1 aromatic carbocycles. The second-order valence-corrected chi connectivity index (χ2v) is 4.33. The minimum atomic E-state index is -0.759. The van der Waals surface area contributed by atoms with Gasteiger partial charge in [0, 0.05) is 17.5 Å². The lowest BCUT2D eigenvalue weighted by atomic mass is 10.0. The quantitative estimate of drug-likeness (QED) is 0.880. The highest BCUT2D eigenvalue weighted by Crippen LogP contribution is 2.20. The minimum absolute atomic E-state index is 0.171. The van der Waals surface area contributed by atoms with Crippen molar-refractivity contribution in [2.45, 2.75) is 26.7 Å². The number of aliphatic carboxylic acids is 1. The number of nitrogens with zero attached hydrogens (tertiary/aromatic N) is 1. The number of carboxylic acids is 1. The molecule has 0 aliphatic rings. The van der Waals surface area contributed by atoms with Crippen LogP contribution in [0.3, 0.4) is 0 Å². The van der Waals surface area contributed by atoms with Crippen LogP contribution >= 0.6 is 0 Å². The van der Waals surface area contributed by atoms with Crippen LogP contribution in [-0.2, 0) is 11.2 Å². The van der Waals surface area contributed by atoms with E-state index in [1.165, 1.54) is 0 Å². The van der Waals surface area contributed by atoms with Gasteiger partial charge in [-0.1, -0.05) is 12.1 Å². The van der Waals surface area contributed by atoms with Gasteiger partial charge in [0.2, 0.25) is 0 Å². The van der Waals surface area contributed by atoms with E-state index in [0.717, 1.165) is 27.7 Å². The van der Waals surface area contributed by atoms with E-state index in [4.69, 9.17) is 5.11 Å². The minimum Gasteiger partial charge on any atom is -0.481 e. The van der Waals surface area contributed by atoms with Crippen LogP contribution in [0.5, 0.6) is 0 Å². The first kappa shape index (κ1) is 11.6. The van der Waals surface area contributed by atoms with Gasteiger partial charge in [-0.2, -0.15) is 0 Å². The standard InChI is InChI=1S/C14H15NO2/c1-9-7-11(4-6-13(16)17)8-12-5-3-10(2)15-14(9)12/h3,5,7-8H,4,6H2,1-2H3,(H,16,17). The number of hydrogen-bond donors (Lipinski definition) is 1. The molecular formula is C14H15NO2. The molecule has 17 heavy (non-hydrogen) atoms. The molecule has 3 heteroatoms. The van der Waals surface area contributed by atoms with Crippen molar-refractivity contribution in [1.29, 1.82) is 0 Å². The average Bonchev–Trinajstić information content (AvgIpc) is 2.27. The number of carbonyl (C=O) groups is 1. The van der Waals surface area contributed by atoms with Gasteiger partial charge in [0.25, 0.3) is 0 Å². The van der Waals surface area contributed by atoms with E-state index in [0.29, 0.717) is 6.42 Å². The molecule has 0 bridgehead atoms. The summed E-state index contributed by atoms with van der Waals surface area (Å²) >= 11 is 0. The molecule has 0 unspecified atom stereocenters. The summed E-state index contributed by atoms with van der Waals surface area (Å²) in [5.41, 5.74) is 4.16. The number of rotatable bonds is 3. The number of hydrogen-bond acceptors (Lipinski definition) is 2. The van der Waals surface area contributed by atoms with Crippen LogP contribution in [0.4, 0.5) is 0 Å². The number of pyridine rings is 1. The van der Waals surface area contributed by atoms with Crippen LogP contribution in [0.15, 0.2) is 24.3 Å². The van der Waals surface area contributed by atoms with E-state index in [2.05, 4.69) is 4.98 Å². The molecule has 0 aliphatic carbocycles. The summed E-state index contributed by atoms with van der Waals surface area (Å²) in [6, 6.07) is 8.06. The van der Waals surface area contributed by atoms with Crippen molar-refractivity contribution in [2.75, 3.05) is 0 Å². The van der Waals surface area contributed by atoms with Gasteiger partial charge in [-0.05, 0) is 43.5 Å². The highest BCUT2D eigenvalue weighted by molar-refractivity contribution is 5.82. The summed E-state index contributed by atoms with van der Waals surface area (Å²) in [4.78, 5) is 15.0. The van der Waals surface area contributed by atoms with Crippen molar-refractivity contribution in [1.82, 2.24) is 4.98 Å². The molecule has 1 N–H and O–H groups in total. The lowest BCUT2D eigenvalue weighted by molar-refractivity contribution is -0.136. The molecule has 0 atom stereocenters. The highest BCUT2D eigenvalue weighted by Gasteiger charge is 2.04. The van der Waals surface area contributed by atoms with Gasteiger partial charge in [0.05, 0.1) is 5.52 Å². The van der Waals surface area contributed by atoms with Crippen LogP contribution in [0.1, 0.15) is 23.2 Å². The Morgan fingerprint density at radius 2 is 2.06 bits per heavy atom. The normalized spacial score (nSPS) is 10.7. The number of benzene rings is 1. The third-order valence-corrected chi connectivity index (χ3v) is 2.81. The predicted molar refractivity (Wildman–Crippen MR) is 67.2 cm³/mol. The lowest BCUT2D eigenvalue weighted by Crippen LogP contribution is -1.98. The molecule has 3 nitrogen and oxygen atoms in total. The fraction of sp³-hybridized carbons (Fsp3) is 0.286. The molecule has 1 aromatic heterocycles. The van der Waals surface area contributed by atoms with Gasteiger partial charge in [-0.15, -0.1) is 0 Å². The Morgan fingerprint density at radius 1 is 1.29 bits per heavy atom. The van der Waals surface area contributed by atoms with Crippen molar-refractivity contribution >= 4 is 16.9 Å². The zero-order valence-corrected chi connectivity index (χ0v) is 10.0. The Morgan fingerprint density at radius 3 is 2.76 bits per heavy atom. The number of aromatic nitrogens is 1. The Balaban J connectivity index is 2.41. The molecule has 0 radical (unpaired) electrons. The summed E-state index contributed by atoms with van der Waals surface area (Å²) in [5, 5.41) is 9.76. The van der Waals surface area contributed by atoms with E-state index in [-0.39, 0.29) is 6.42 Å². The molecular weight excluding hydrogens is 214 g/mol. The molecule has 1 heterocycles. The SMILES string of the molecule is Cc1ccc2cc(CCC(=O)O)cc(C)c2n1. The monoisotopic (exact) mass is 229 g/mol. The van der Waals surface area contributed by atoms with Gasteiger partial charge >= 0.3 is 5.97 Å². The van der Waals surface area contributed by atoms with Crippen LogP contribution in [-0.4, -0.2) is 16.1 Å². The fourth-order valence-corrected chi connectivity index (χ4v) is 1.98. The van der Waals surface area contributed by atoms with Gasteiger partial charge in [-0.25, -0.2) is 0 Å². The molecule has 2 aromatic rings. The zero-order valence-electron chi connectivity index (χ0n) is 10.0. The molecule has 88 valence electrons. The molecule has 2 rings (SSSR count). The molecule has 0 amide bonds. The lowest BCUT2D eigenvalue weighted by Gasteiger charge is -2.06. The van der Waals surface area contributed by atoms with Gasteiger partial charge in [0.15, 0.2) is 0 Å². The van der Waals surface area contributed by atoms with Crippen LogP contribution in [0, 0.1) is 13.8 Å². The smallest absolute Gasteiger partial charge is 0.303 e.